The second-order valence-corrected chi connectivity index (χ2v) is 3.82. The molecule has 0 atom stereocenters. The van der Waals surface area contributed by atoms with Crippen LogP contribution in [0.15, 0.2) is 59.7 Å². The van der Waals surface area contributed by atoms with E-state index >= 15 is 0 Å². The second-order valence-electron chi connectivity index (χ2n) is 3.82. The smallest absolute Gasteiger partial charge is 0.000226 e. The van der Waals surface area contributed by atoms with Crippen LogP contribution in [0.1, 0.15) is 11.1 Å². The first-order chi connectivity index (χ1) is 7.95. The lowest BCUT2D eigenvalue weighted by Gasteiger charge is -2.08. The van der Waals surface area contributed by atoms with Crippen molar-refractivity contribution in [3.8, 4) is 0 Å². The molecule has 1 aliphatic rings. The highest BCUT2D eigenvalue weighted by Crippen LogP contribution is 2.24. The van der Waals surface area contributed by atoms with E-state index in [9.17, 15) is 0 Å². The van der Waals surface area contributed by atoms with Gasteiger partial charge in [0.1, 0.15) is 0 Å². The minimum atomic E-state index is 0.905. The van der Waals surface area contributed by atoms with Gasteiger partial charge in [-0.1, -0.05) is 47.9 Å². The highest BCUT2D eigenvalue weighted by molar-refractivity contribution is 5.89. The van der Waals surface area contributed by atoms with Crippen LogP contribution in [-0.4, -0.2) is 0 Å². The average molecular weight is 202 g/mol. The molecular weight excluding hydrogens is 192 g/mol. The fraction of sp³-hybridized carbons (Fsp3) is 0.0625. The molecule has 16 heavy (non-hydrogen) atoms. The van der Waals surface area contributed by atoms with Gasteiger partial charge in [-0.25, -0.2) is 0 Å². The molecule has 0 bridgehead atoms. The monoisotopic (exact) mass is 202 g/mol. The highest BCUT2D eigenvalue weighted by Gasteiger charge is 2.04. The summed E-state index contributed by atoms with van der Waals surface area (Å²) in [6.07, 6.45) is 4.88. The Balaban J connectivity index is 2.41. The lowest BCUT2D eigenvalue weighted by atomic mass is 9.96. The van der Waals surface area contributed by atoms with Crippen LogP contribution < -0.4 is 0 Å². The normalized spacial score (nSPS) is 12.5. The van der Waals surface area contributed by atoms with E-state index in [1.807, 2.05) is 12.2 Å². The van der Waals surface area contributed by atoms with Crippen molar-refractivity contribution in [1.82, 2.24) is 0 Å². The summed E-state index contributed by atoms with van der Waals surface area (Å²) in [6.45, 7) is 0. The molecule has 2 aromatic carbocycles. The summed E-state index contributed by atoms with van der Waals surface area (Å²) >= 11 is 0. The largest absolute Gasteiger partial charge is 0.0655 e. The average Bonchev–Trinajstić information content (AvgIpc) is 2.29. The summed E-state index contributed by atoms with van der Waals surface area (Å²) in [5.74, 6) is 0. The van der Waals surface area contributed by atoms with Crippen LogP contribution in [0, 0.1) is 0 Å². The molecule has 0 saturated heterocycles. The summed E-state index contributed by atoms with van der Waals surface area (Å²) in [5, 5.41) is 2.61. The van der Waals surface area contributed by atoms with Crippen molar-refractivity contribution >= 4 is 16.8 Å². The van der Waals surface area contributed by atoms with Gasteiger partial charge in [-0.15, -0.1) is 0 Å². The van der Waals surface area contributed by atoms with E-state index in [0.717, 1.165) is 6.42 Å². The topological polar surface area (TPSA) is 0 Å². The van der Waals surface area contributed by atoms with Crippen molar-refractivity contribution in [3.05, 3.63) is 70.8 Å². The molecule has 0 amide bonds. The van der Waals surface area contributed by atoms with Gasteiger partial charge in [0.2, 0.25) is 0 Å². The van der Waals surface area contributed by atoms with Crippen LogP contribution in [0.2, 0.25) is 0 Å². The van der Waals surface area contributed by atoms with Crippen LogP contribution in [0.3, 0.4) is 0 Å². The number of fused-ring (bicyclic) bond motifs is 3. The maximum Gasteiger partial charge on any atom is -0.000226 e. The summed E-state index contributed by atoms with van der Waals surface area (Å²) in [4.78, 5) is 0. The Bertz CT molecular complexity index is 685. The van der Waals surface area contributed by atoms with Crippen LogP contribution in [-0.2, 0) is 6.42 Å². The zero-order chi connectivity index (χ0) is 10.8. The summed E-state index contributed by atoms with van der Waals surface area (Å²) in [6, 6.07) is 12.8. The van der Waals surface area contributed by atoms with E-state index < -0.39 is 0 Å². The van der Waals surface area contributed by atoms with Gasteiger partial charge in [0, 0.05) is 0 Å². The number of allylic oxidation sites excluding steroid dienone is 1. The minimum Gasteiger partial charge on any atom is -0.0655 e. The van der Waals surface area contributed by atoms with Crippen molar-refractivity contribution < 1.29 is 0 Å². The molecule has 0 saturated carbocycles. The van der Waals surface area contributed by atoms with Crippen molar-refractivity contribution in [3.63, 3.8) is 0 Å². The number of hydrogen-bond donors (Lipinski definition) is 0. The first-order valence-corrected chi connectivity index (χ1v) is 5.37. The molecule has 3 rings (SSSR count). The summed E-state index contributed by atoms with van der Waals surface area (Å²) < 4.78 is 0. The highest BCUT2D eigenvalue weighted by atomic mass is 14.1. The SMILES string of the molecule is C1=C=CCc2c(ccc3ccccc23)C=C=1. The Kier molecular flexibility index (Phi) is 2.11. The number of rotatable bonds is 0. The Morgan fingerprint density at radius 2 is 1.88 bits per heavy atom. The lowest BCUT2D eigenvalue weighted by Crippen LogP contribution is -1.89. The predicted molar refractivity (Wildman–Crippen MR) is 67.2 cm³/mol. The molecule has 0 N–H and O–H groups in total. The molecular formula is C16H10. The Labute approximate surface area is 94.5 Å². The van der Waals surface area contributed by atoms with E-state index in [1.165, 1.54) is 21.9 Å². The van der Waals surface area contributed by atoms with Crippen LogP contribution in [0.25, 0.3) is 16.8 Å². The number of benzene rings is 2. The van der Waals surface area contributed by atoms with Crippen LogP contribution >= 0.6 is 0 Å². The van der Waals surface area contributed by atoms with E-state index in [2.05, 4.69) is 53.6 Å². The first kappa shape index (κ1) is 9.04. The number of hydrogen-bond acceptors (Lipinski definition) is 0. The van der Waals surface area contributed by atoms with Gasteiger partial charge in [-0.2, -0.15) is 0 Å². The van der Waals surface area contributed by atoms with Gasteiger partial charge < -0.3 is 0 Å². The van der Waals surface area contributed by atoms with Gasteiger partial charge in [-0.3, -0.25) is 0 Å². The zero-order valence-corrected chi connectivity index (χ0v) is 8.83. The molecule has 0 radical (unpaired) electrons. The molecule has 0 aromatic heterocycles. The Morgan fingerprint density at radius 1 is 0.938 bits per heavy atom. The second kappa shape index (κ2) is 3.74. The van der Waals surface area contributed by atoms with Gasteiger partial charge in [0.25, 0.3) is 0 Å². The van der Waals surface area contributed by atoms with Crippen molar-refractivity contribution in [2.45, 2.75) is 6.42 Å². The Morgan fingerprint density at radius 3 is 2.88 bits per heavy atom. The van der Waals surface area contributed by atoms with Gasteiger partial charge in [0.05, 0.1) is 0 Å². The first-order valence-electron chi connectivity index (χ1n) is 5.37. The molecule has 0 aliphatic heterocycles. The molecule has 74 valence electrons. The molecule has 0 heteroatoms. The molecule has 0 heterocycles. The van der Waals surface area contributed by atoms with Crippen LogP contribution in [0.4, 0.5) is 0 Å². The third kappa shape index (κ3) is 1.44. The van der Waals surface area contributed by atoms with E-state index in [4.69, 9.17) is 0 Å². The van der Waals surface area contributed by atoms with E-state index in [0.29, 0.717) is 0 Å². The van der Waals surface area contributed by atoms with Gasteiger partial charge in [0.15, 0.2) is 0 Å². The van der Waals surface area contributed by atoms with Crippen molar-refractivity contribution in [2.24, 2.45) is 0 Å². The molecule has 2 aromatic rings. The van der Waals surface area contributed by atoms with Gasteiger partial charge >= 0.3 is 0 Å². The molecule has 0 spiro atoms. The van der Waals surface area contributed by atoms with Crippen LogP contribution in [0.5, 0.6) is 0 Å². The van der Waals surface area contributed by atoms with E-state index in [-0.39, 0.29) is 0 Å². The predicted octanol–water partition coefficient (Wildman–Crippen LogP) is 3.87. The minimum absolute atomic E-state index is 0.905. The van der Waals surface area contributed by atoms with Crippen molar-refractivity contribution in [1.29, 1.82) is 0 Å². The van der Waals surface area contributed by atoms with Crippen molar-refractivity contribution in [2.75, 3.05) is 0 Å². The molecule has 0 nitrogen and oxygen atoms in total. The third-order valence-electron chi connectivity index (χ3n) is 2.86. The fourth-order valence-corrected chi connectivity index (χ4v) is 2.08. The third-order valence-corrected chi connectivity index (χ3v) is 2.86. The lowest BCUT2D eigenvalue weighted by molar-refractivity contribution is 1.29. The molecule has 0 unspecified atom stereocenters. The quantitative estimate of drug-likeness (QED) is 0.569. The fourth-order valence-electron chi connectivity index (χ4n) is 2.08. The summed E-state index contributed by atoms with van der Waals surface area (Å²) in [5.41, 5.74) is 11.4. The maximum absolute atomic E-state index is 2.99. The molecule has 1 aliphatic carbocycles. The Hall–Kier alpha value is -2.22. The standard InChI is InChI=1S/C16H10/c1-2-4-9-15-13(7-3-1)11-12-14-8-5-6-10-16(14)15/h4-8,10-12H,9H2. The zero-order valence-electron chi connectivity index (χ0n) is 8.83. The molecule has 0 fully saturated rings. The summed E-state index contributed by atoms with van der Waals surface area (Å²) in [7, 11) is 0. The maximum atomic E-state index is 2.99. The van der Waals surface area contributed by atoms with Gasteiger partial charge in [-0.05, 0) is 46.2 Å². The van der Waals surface area contributed by atoms with E-state index in [1.54, 1.807) is 0 Å².